The summed E-state index contributed by atoms with van der Waals surface area (Å²) in [4.78, 5) is 24.7. The number of rotatable bonds is 4. The summed E-state index contributed by atoms with van der Waals surface area (Å²) in [6, 6.07) is 6.91. The van der Waals surface area contributed by atoms with Gasteiger partial charge < -0.3 is 15.3 Å². The molecule has 1 aromatic carbocycles. The minimum atomic E-state index is -0.985. The lowest BCUT2D eigenvalue weighted by Crippen LogP contribution is -2.44. The highest BCUT2D eigenvalue weighted by atomic mass is 79.9. The molecule has 0 bridgehead atoms. The Balaban J connectivity index is 2.07. The van der Waals surface area contributed by atoms with Crippen molar-refractivity contribution in [2.24, 2.45) is 0 Å². The van der Waals surface area contributed by atoms with Crippen molar-refractivity contribution in [1.29, 1.82) is 0 Å². The minimum absolute atomic E-state index is 0.0262. The number of carboxylic acids is 1. The summed E-state index contributed by atoms with van der Waals surface area (Å²) in [7, 11) is 0. The van der Waals surface area contributed by atoms with E-state index in [2.05, 4.69) is 21.2 Å². The standard InChI is InChI=1S/C14H17BrN2O3/c15-10-4-3-5-11(8-10)16-14(20)17(9-13(18)19)12-6-1-2-7-12/h3-5,8,12H,1-2,6-7,9H2,(H,16,20)(H,18,19). The van der Waals surface area contributed by atoms with Gasteiger partial charge in [-0.3, -0.25) is 4.79 Å². The van der Waals surface area contributed by atoms with E-state index in [0.29, 0.717) is 5.69 Å². The molecule has 1 fully saturated rings. The first-order chi connectivity index (χ1) is 9.56. The Morgan fingerprint density at radius 3 is 2.65 bits per heavy atom. The molecule has 0 aromatic heterocycles. The SMILES string of the molecule is O=C(O)CN(C(=O)Nc1cccc(Br)c1)C1CCCC1. The lowest BCUT2D eigenvalue weighted by atomic mass is 10.2. The Morgan fingerprint density at radius 2 is 2.05 bits per heavy atom. The van der Waals surface area contributed by atoms with Gasteiger partial charge in [0.1, 0.15) is 6.54 Å². The van der Waals surface area contributed by atoms with Crippen LogP contribution in [0.1, 0.15) is 25.7 Å². The van der Waals surface area contributed by atoms with Gasteiger partial charge in [-0.1, -0.05) is 34.8 Å². The van der Waals surface area contributed by atoms with Crippen molar-refractivity contribution in [2.45, 2.75) is 31.7 Å². The number of hydrogen-bond acceptors (Lipinski definition) is 2. The Hall–Kier alpha value is -1.56. The van der Waals surface area contributed by atoms with Gasteiger partial charge in [-0.2, -0.15) is 0 Å². The molecule has 2 rings (SSSR count). The van der Waals surface area contributed by atoms with Crippen molar-refractivity contribution < 1.29 is 14.7 Å². The number of urea groups is 1. The van der Waals surface area contributed by atoms with Crippen LogP contribution < -0.4 is 5.32 Å². The molecular formula is C14H17BrN2O3. The molecular weight excluding hydrogens is 324 g/mol. The molecule has 0 atom stereocenters. The predicted octanol–water partition coefficient (Wildman–Crippen LogP) is 3.31. The highest BCUT2D eigenvalue weighted by Gasteiger charge is 2.28. The zero-order valence-electron chi connectivity index (χ0n) is 11.0. The summed E-state index contributed by atoms with van der Waals surface area (Å²) < 4.78 is 0.862. The summed E-state index contributed by atoms with van der Waals surface area (Å²) in [5.41, 5.74) is 0.651. The van der Waals surface area contributed by atoms with E-state index >= 15 is 0 Å². The number of anilines is 1. The molecule has 0 heterocycles. The molecule has 2 N–H and O–H groups in total. The normalized spacial score (nSPS) is 15.1. The number of halogens is 1. The van der Waals surface area contributed by atoms with Crippen molar-refractivity contribution in [3.8, 4) is 0 Å². The molecule has 108 valence electrons. The number of carbonyl (C=O) groups excluding carboxylic acids is 1. The molecule has 0 spiro atoms. The highest BCUT2D eigenvalue weighted by Crippen LogP contribution is 2.24. The number of carbonyl (C=O) groups is 2. The third-order valence-electron chi connectivity index (χ3n) is 3.41. The minimum Gasteiger partial charge on any atom is -0.480 e. The van der Waals surface area contributed by atoms with Gasteiger partial charge in [0, 0.05) is 16.2 Å². The molecule has 20 heavy (non-hydrogen) atoms. The van der Waals surface area contributed by atoms with Crippen molar-refractivity contribution in [3.63, 3.8) is 0 Å². The topological polar surface area (TPSA) is 69.6 Å². The Bertz CT molecular complexity index is 501. The van der Waals surface area contributed by atoms with E-state index in [4.69, 9.17) is 5.11 Å². The molecule has 0 unspecified atom stereocenters. The molecule has 1 aliphatic rings. The van der Waals surface area contributed by atoms with Crippen LogP contribution in [-0.2, 0) is 4.79 Å². The van der Waals surface area contributed by atoms with Crippen LogP contribution in [0.25, 0.3) is 0 Å². The van der Waals surface area contributed by atoms with E-state index in [1.165, 1.54) is 4.90 Å². The average Bonchev–Trinajstić information content (AvgIpc) is 2.89. The average molecular weight is 341 g/mol. The van der Waals surface area contributed by atoms with Gasteiger partial charge in [0.15, 0.2) is 0 Å². The van der Waals surface area contributed by atoms with Gasteiger partial charge in [0.2, 0.25) is 0 Å². The third kappa shape index (κ3) is 3.96. The van der Waals surface area contributed by atoms with Crippen LogP contribution in [0.2, 0.25) is 0 Å². The van der Waals surface area contributed by atoms with Gasteiger partial charge in [-0.15, -0.1) is 0 Å². The van der Waals surface area contributed by atoms with Crippen LogP contribution >= 0.6 is 15.9 Å². The van der Waals surface area contributed by atoms with Crippen LogP contribution in [0.3, 0.4) is 0 Å². The summed E-state index contributed by atoms with van der Waals surface area (Å²) in [6.07, 6.45) is 3.84. The molecule has 0 aliphatic heterocycles. The molecule has 1 saturated carbocycles. The molecule has 1 aliphatic carbocycles. The number of benzene rings is 1. The number of aliphatic carboxylic acids is 1. The largest absolute Gasteiger partial charge is 0.480 e. The maximum Gasteiger partial charge on any atom is 0.323 e. The predicted molar refractivity (Wildman–Crippen MR) is 79.8 cm³/mol. The highest BCUT2D eigenvalue weighted by molar-refractivity contribution is 9.10. The lowest BCUT2D eigenvalue weighted by Gasteiger charge is -2.27. The molecule has 0 saturated heterocycles. The molecule has 5 nitrogen and oxygen atoms in total. The summed E-state index contributed by atoms with van der Waals surface area (Å²) in [5, 5.41) is 11.7. The van der Waals surface area contributed by atoms with Crippen molar-refractivity contribution in [3.05, 3.63) is 28.7 Å². The van der Waals surface area contributed by atoms with E-state index in [1.54, 1.807) is 12.1 Å². The zero-order chi connectivity index (χ0) is 14.5. The van der Waals surface area contributed by atoms with Crippen LogP contribution in [0.5, 0.6) is 0 Å². The van der Waals surface area contributed by atoms with Crippen molar-refractivity contribution in [2.75, 3.05) is 11.9 Å². The van der Waals surface area contributed by atoms with Crippen LogP contribution in [0.15, 0.2) is 28.7 Å². The maximum absolute atomic E-state index is 12.3. The first-order valence-corrected chi connectivity index (χ1v) is 7.40. The number of nitrogens with one attached hydrogen (secondary N) is 1. The summed E-state index contributed by atoms with van der Waals surface area (Å²) >= 11 is 3.34. The van der Waals surface area contributed by atoms with E-state index in [-0.39, 0.29) is 18.6 Å². The Morgan fingerprint density at radius 1 is 1.35 bits per heavy atom. The third-order valence-corrected chi connectivity index (χ3v) is 3.90. The van der Waals surface area contributed by atoms with E-state index in [0.717, 1.165) is 30.2 Å². The Labute approximate surface area is 126 Å². The first kappa shape index (κ1) is 14.8. The number of amides is 2. The fourth-order valence-corrected chi connectivity index (χ4v) is 2.89. The monoisotopic (exact) mass is 340 g/mol. The van der Waals surface area contributed by atoms with Gasteiger partial charge in [-0.25, -0.2) is 4.79 Å². The molecule has 2 amide bonds. The van der Waals surface area contributed by atoms with E-state index < -0.39 is 5.97 Å². The van der Waals surface area contributed by atoms with E-state index in [9.17, 15) is 9.59 Å². The number of carboxylic acid groups (broad SMARTS) is 1. The van der Waals surface area contributed by atoms with Gasteiger partial charge in [0.05, 0.1) is 0 Å². The number of nitrogens with zero attached hydrogens (tertiary/aromatic N) is 1. The first-order valence-electron chi connectivity index (χ1n) is 6.61. The van der Waals surface area contributed by atoms with Crippen molar-refractivity contribution in [1.82, 2.24) is 4.90 Å². The quantitative estimate of drug-likeness (QED) is 0.883. The van der Waals surface area contributed by atoms with E-state index in [1.807, 2.05) is 12.1 Å². The van der Waals surface area contributed by atoms with Gasteiger partial charge in [-0.05, 0) is 31.0 Å². The van der Waals surface area contributed by atoms with Crippen LogP contribution in [0, 0.1) is 0 Å². The fraction of sp³-hybridized carbons (Fsp3) is 0.429. The number of hydrogen-bond donors (Lipinski definition) is 2. The molecule has 1 aromatic rings. The molecule has 0 radical (unpaired) electrons. The maximum atomic E-state index is 12.3. The zero-order valence-corrected chi connectivity index (χ0v) is 12.6. The second kappa shape index (κ2) is 6.74. The second-order valence-corrected chi connectivity index (χ2v) is 5.82. The van der Waals surface area contributed by atoms with Crippen LogP contribution in [-0.4, -0.2) is 34.6 Å². The van der Waals surface area contributed by atoms with Gasteiger partial charge in [0.25, 0.3) is 0 Å². The Kier molecular flexibility index (Phi) is 5.00. The van der Waals surface area contributed by atoms with Crippen molar-refractivity contribution >= 4 is 33.6 Å². The fourth-order valence-electron chi connectivity index (χ4n) is 2.49. The lowest BCUT2D eigenvalue weighted by molar-refractivity contribution is -0.138. The summed E-state index contributed by atoms with van der Waals surface area (Å²) in [6.45, 7) is -0.259. The smallest absolute Gasteiger partial charge is 0.323 e. The summed E-state index contributed by atoms with van der Waals surface area (Å²) in [5.74, 6) is -0.985. The second-order valence-electron chi connectivity index (χ2n) is 4.90. The van der Waals surface area contributed by atoms with Gasteiger partial charge >= 0.3 is 12.0 Å². The van der Waals surface area contributed by atoms with Crippen LogP contribution in [0.4, 0.5) is 10.5 Å². The molecule has 6 heteroatoms.